The highest BCUT2D eigenvalue weighted by Crippen LogP contribution is 2.33. The van der Waals surface area contributed by atoms with E-state index in [1.165, 1.54) is 12.1 Å². The van der Waals surface area contributed by atoms with Gasteiger partial charge in [0, 0.05) is 30.3 Å². The number of nitro benzene ring substituents is 1. The molecule has 118 valence electrons. The number of aromatic nitrogens is 1. The van der Waals surface area contributed by atoms with E-state index >= 15 is 0 Å². The Morgan fingerprint density at radius 3 is 2.83 bits per heavy atom. The minimum Gasteiger partial charge on any atom is -0.307 e. The molecule has 4 rings (SSSR count). The highest BCUT2D eigenvalue weighted by molar-refractivity contribution is 6.14. The summed E-state index contributed by atoms with van der Waals surface area (Å²) in [6, 6.07) is 13.8. The molecule has 0 unspecified atom stereocenters. The van der Waals surface area contributed by atoms with Crippen LogP contribution >= 0.6 is 0 Å². The summed E-state index contributed by atoms with van der Waals surface area (Å²) < 4.78 is 0. The summed E-state index contributed by atoms with van der Waals surface area (Å²) in [4.78, 5) is 29.5. The fourth-order valence-electron chi connectivity index (χ4n) is 3.12. The Labute approximate surface area is 137 Å². The van der Waals surface area contributed by atoms with Crippen molar-refractivity contribution in [3.8, 4) is 0 Å². The van der Waals surface area contributed by atoms with Crippen LogP contribution in [0.2, 0.25) is 0 Å². The van der Waals surface area contributed by atoms with Crippen molar-refractivity contribution < 1.29 is 9.72 Å². The van der Waals surface area contributed by atoms with Crippen molar-refractivity contribution in [2.24, 2.45) is 0 Å². The van der Waals surface area contributed by atoms with Crippen molar-refractivity contribution in [2.45, 2.75) is 6.42 Å². The quantitative estimate of drug-likeness (QED) is 0.536. The molecule has 0 aliphatic carbocycles. The zero-order valence-electron chi connectivity index (χ0n) is 12.7. The van der Waals surface area contributed by atoms with Gasteiger partial charge in [0.1, 0.15) is 0 Å². The van der Waals surface area contributed by atoms with Gasteiger partial charge in [0.25, 0.3) is 11.6 Å². The molecule has 0 bridgehead atoms. The van der Waals surface area contributed by atoms with Gasteiger partial charge in [-0.3, -0.25) is 19.9 Å². The molecule has 0 radical (unpaired) electrons. The van der Waals surface area contributed by atoms with E-state index in [4.69, 9.17) is 0 Å². The fourth-order valence-corrected chi connectivity index (χ4v) is 3.12. The van der Waals surface area contributed by atoms with E-state index in [9.17, 15) is 14.9 Å². The number of rotatable bonds is 2. The van der Waals surface area contributed by atoms with Crippen LogP contribution in [0.3, 0.4) is 0 Å². The van der Waals surface area contributed by atoms with Crippen LogP contribution in [0.4, 0.5) is 11.4 Å². The van der Waals surface area contributed by atoms with Crippen molar-refractivity contribution in [1.82, 2.24) is 4.98 Å². The first-order valence-electron chi connectivity index (χ1n) is 7.58. The normalized spacial score (nSPS) is 13.1. The van der Waals surface area contributed by atoms with Crippen molar-refractivity contribution in [3.05, 3.63) is 76.0 Å². The predicted octanol–water partition coefficient (Wildman–Crippen LogP) is 3.35. The first kappa shape index (κ1) is 14.3. The van der Waals surface area contributed by atoms with E-state index in [1.807, 2.05) is 24.3 Å². The number of amides is 1. The van der Waals surface area contributed by atoms with Crippen molar-refractivity contribution in [2.75, 3.05) is 11.4 Å². The summed E-state index contributed by atoms with van der Waals surface area (Å²) in [5.41, 5.74) is 2.87. The highest BCUT2D eigenvalue weighted by atomic mass is 16.6. The number of para-hydroxylation sites is 1. The summed E-state index contributed by atoms with van der Waals surface area (Å²) >= 11 is 0. The molecule has 0 atom stereocenters. The van der Waals surface area contributed by atoms with E-state index in [2.05, 4.69) is 4.98 Å². The molecule has 1 aromatic heterocycles. The molecule has 24 heavy (non-hydrogen) atoms. The minimum absolute atomic E-state index is 0.00645. The lowest BCUT2D eigenvalue weighted by atomic mass is 10.1. The molecule has 2 aromatic carbocycles. The fraction of sp³-hybridized carbons (Fsp3) is 0.111. The molecule has 6 heteroatoms. The van der Waals surface area contributed by atoms with Crippen LogP contribution in [0.25, 0.3) is 10.9 Å². The molecule has 0 spiro atoms. The largest absolute Gasteiger partial charge is 0.307 e. The van der Waals surface area contributed by atoms with Gasteiger partial charge in [-0.05, 0) is 24.1 Å². The second kappa shape index (κ2) is 5.42. The number of carbonyl (C=O) groups is 1. The van der Waals surface area contributed by atoms with Crippen LogP contribution in [-0.2, 0) is 6.42 Å². The van der Waals surface area contributed by atoms with Gasteiger partial charge in [-0.1, -0.05) is 24.3 Å². The lowest BCUT2D eigenvalue weighted by Crippen LogP contribution is -2.29. The number of pyridine rings is 1. The Balaban J connectivity index is 1.80. The Morgan fingerprint density at radius 1 is 1.17 bits per heavy atom. The second-order valence-corrected chi connectivity index (χ2v) is 5.65. The number of nitro groups is 1. The number of fused-ring (bicyclic) bond motifs is 2. The topological polar surface area (TPSA) is 76.3 Å². The number of hydrogen-bond donors (Lipinski definition) is 0. The van der Waals surface area contributed by atoms with Crippen molar-refractivity contribution >= 4 is 28.2 Å². The maximum Gasteiger partial charge on any atom is 0.271 e. The maximum absolute atomic E-state index is 13.0. The maximum atomic E-state index is 13.0. The van der Waals surface area contributed by atoms with Crippen LogP contribution in [0.1, 0.15) is 15.9 Å². The van der Waals surface area contributed by atoms with Gasteiger partial charge < -0.3 is 4.90 Å². The molecular formula is C18H13N3O3. The van der Waals surface area contributed by atoms with Crippen LogP contribution in [-0.4, -0.2) is 22.4 Å². The summed E-state index contributed by atoms with van der Waals surface area (Å²) in [5.74, 6) is -0.159. The van der Waals surface area contributed by atoms with Crippen LogP contribution in [0.15, 0.2) is 54.7 Å². The zero-order valence-corrected chi connectivity index (χ0v) is 12.7. The average Bonchev–Trinajstić information content (AvgIpc) is 3.03. The second-order valence-electron chi connectivity index (χ2n) is 5.65. The van der Waals surface area contributed by atoms with E-state index in [-0.39, 0.29) is 11.6 Å². The van der Waals surface area contributed by atoms with Crippen LogP contribution in [0.5, 0.6) is 0 Å². The number of hydrogen-bond acceptors (Lipinski definition) is 4. The van der Waals surface area contributed by atoms with Gasteiger partial charge in [0.05, 0.1) is 21.7 Å². The van der Waals surface area contributed by atoms with Crippen molar-refractivity contribution in [3.63, 3.8) is 0 Å². The first-order valence-corrected chi connectivity index (χ1v) is 7.58. The molecule has 0 fully saturated rings. The van der Waals surface area contributed by atoms with Gasteiger partial charge in [0.2, 0.25) is 0 Å². The number of carbonyl (C=O) groups excluding carboxylic acids is 1. The third-order valence-electron chi connectivity index (χ3n) is 4.30. The molecule has 0 saturated carbocycles. The number of nitrogens with zero attached hydrogens (tertiary/aromatic N) is 3. The monoisotopic (exact) mass is 319 g/mol. The van der Waals surface area contributed by atoms with Gasteiger partial charge in [0.15, 0.2) is 0 Å². The van der Waals surface area contributed by atoms with Gasteiger partial charge >= 0.3 is 0 Å². The van der Waals surface area contributed by atoms with E-state index in [0.29, 0.717) is 24.2 Å². The molecule has 3 aromatic rings. The summed E-state index contributed by atoms with van der Waals surface area (Å²) in [6.45, 7) is 0.520. The lowest BCUT2D eigenvalue weighted by Gasteiger charge is -2.18. The Hall–Kier alpha value is -3.28. The van der Waals surface area contributed by atoms with E-state index < -0.39 is 4.92 Å². The van der Waals surface area contributed by atoms with E-state index in [0.717, 1.165) is 16.5 Å². The standard InChI is InChI=1S/C18H13N3O3/c22-18(15-7-9-19-16-4-2-1-3-14(15)16)20-10-8-12-5-6-13(21(23)24)11-17(12)20/h1-7,9,11H,8,10H2. The van der Waals surface area contributed by atoms with Crippen molar-refractivity contribution in [1.29, 1.82) is 0 Å². The molecule has 1 aliphatic heterocycles. The van der Waals surface area contributed by atoms with Gasteiger partial charge in [-0.2, -0.15) is 0 Å². The third kappa shape index (κ3) is 2.20. The third-order valence-corrected chi connectivity index (χ3v) is 4.30. The molecule has 2 heterocycles. The molecule has 0 N–H and O–H groups in total. The molecule has 0 saturated heterocycles. The highest BCUT2D eigenvalue weighted by Gasteiger charge is 2.28. The number of benzene rings is 2. The summed E-state index contributed by atoms with van der Waals surface area (Å²) in [5, 5.41) is 11.8. The Bertz CT molecular complexity index is 979. The molecule has 6 nitrogen and oxygen atoms in total. The smallest absolute Gasteiger partial charge is 0.271 e. The Morgan fingerprint density at radius 2 is 2.00 bits per heavy atom. The Kier molecular flexibility index (Phi) is 3.23. The SMILES string of the molecule is O=C(c1ccnc2ccccc12)N1CCc2ccc([N+](=O)[O-])cc21. The number of non-ortho nitro benzene ring substituents is 1. The van der Waals surface area contributed by atoms with Gasteiger partial charge in [-0.25, -0.2) is 0 Å². The van der Waals surface area contributed by atoms with Gasteiger partial charge in [-0.15, -0.1) is 0 Å². The zero-order chi connectivity index (χ0) is 16.7. The van der Waals surface area contributed by atoms with E-state index in [1.54, 1.807) is 23.2 Å². The minimum atomic E-state index is -0.441. The molecule has 1 aliphatic rings. The molecular weight excluding hydrogens is 306 g/mol. The lowest BCUT2D eigenvalue weighted by molar-refractivity contribution is -0.384. The first-order chi connectivity index (χ1) is 11.6. The van der Waals surface area contributed by atoms with Crippen LogP contribution < -0.4 is 4.90 Å². The predicted molar refractivity (Wildman–Crippen MR) is 90.2 cm³/mol. The average molecular weight is 319 g/mol. The number of anilines is 1. The molecule has 1 amide bonds. The summed E-state index contributed by atoms with van der Waals surface area (Å²) in [6.07, 6.45) is 2.31. The van der Waals surface area contributed by atoms with Crippen LogP contribution in [0, 0.1) is 10.1 Å². The summed E-state index contributed by atoms with van der Waals surface area (Å²) in [7, 11) is 0.